The molecule has 0 amide bonds. The van der Waals surface area contributed by atoms with Crippen LogP contribution in [0.2, 0.25) is 0 Å². The third-order valence-electron chi connectivity index (χ3n) is 2.37. The van der Waals surface area contributed by atoms with Crippen LogP contribution < -0.4 is 10.6 Å². The highest BCUT2D eigenvalue weighted by Crippen LogP contribution is 2.12. The lowest BCUT2D eigenvalue weighted by molar-refractivity contribution is 0.111. The number of aromatic nitrogens is 1. The van der Waals surface area contributed by atoms with Gasteiger partial charge in [0.2, 0.25) is 0 Å². The second-order valence-electron chi connectivity index (χ2n) is 3.35. The monoisotopic (exact) mass is 191 g/mol. The van der Waals surface area contributed by atoms with E-state index in [1.807, 2.05) is 6.07 Å². The Bertz CT molecular complexity index is 304. The summed E-state index contributed by atoms with van der Waals surface area (Å²) in [5.41, 5.74) is 1.61. The second kappa shape index (κ2) is 4.30. The molecule has 1 fully saturated rings. The van der Waals surface area contributed by atoms with Gasteiger partial charge in [0.05, 0.1) is 0 Å². The molecular formula is C10H13N3O. The van der Waals surface area contributed by atoms with Gasteiger partial charge < -0.3 is 10.6 Å². The number of rotatable bonds is 2. The minimum atomic E-state index is 0.317. The number of piperazine rings is 1. The normalized spacial score (nSPS) is 21.9. The summed E-state index contributed by atoms with van der Waals surface area (Å²) in [5, 5.41) is 6.68. The van der Waals surface area contributed by atoms with Crippen LogP contribution in [0.3, 0.4) is 0 Å². The number of carbonyl (C=O) groups is 1. The third kappa shape index (κ3) is 1.97. The van der Waals surface area contributed by atoms with E-state index in [0.29, 0.717) is 11.7 Å². The fraction of sp³-hybridized carbons (Fsp3) is 0.400. The highest BCUT2D eigenvalue weighted by atomic mass is 16.1. The van der Waals surface area contributed by atoms with Crippen LogP contribution >= 0.6 is 0 Å². The molecule has 1 unspecified atom stereocenters. The van der Waals surface area contributed by atoms with E-state index in [9.17, 15) is 4.79 Å². The lowest BCUT2D eigenvalue weighted by Gasteiger charge is -2.24. The van der Waals surface area contributed by atoms with E-state index in [1.54, 1.807) is 12.3 Å². The van der Waals surface area contributed by atoms with Crippen LogP contribution in [-0.2, 0) is 0 Å². The van der Waals surface area contributed by atoms with Crippen molar-refractivity contribution in [2.75, 3.05) is 19.6 Å². The fourth-order valence-corrected chi connectivity index (χ4v) is 1.58. The van der Waals surface area contributed by atoms with Crippen LogP contribution in [0.1, 0.15) is 22.1 Å². The topological polar surface area (TPSA) is 54.0 Å². The zero-order valence-electron chi connectivity index (χ0n) is 7.86. The molecule has 1 aliphatic heterocycles. The first-order chi connectivity index (χ1) is 6.90. The van der Waals surface area contributed by atoms with Crippen molar-refractivity contribution >= 4 is 6.29 Å². The van der Waals surface area contributed by atoms with Crippen molar-refractivity contribution in [3.8, 4) is 0 Å². The summed E-state index contributed by atoms with van der Waals surface area (Å²) in [6.45, 7) is 2.90. The van der Waals surface area contributed by atoms with E-state index in [-0.39, 0.29) is 0 Å². The molecule has 1 aromatic heterocycles. The van der Waals surface area contributed by atoms with Gasteiger partial charge in [-0.1, -0.05) is 6.07 Å². The zero-order valence-corrected chi connectivity index (χ0v) is 7.86. The quantitative estimate of drug-likeness (QED) is 0.652. The first-order valence-corrected chi connectivity index (χ1v) is 4.75. The number of pyridine rings is 1. The third-order valence-corrected chi connectivity index (χ3v) is 2.37. The van der Waals surface area contributed by atoms with Gasteiger partial charge in [-0.15, -0.1) is 0 Å². The lowest BCUT2D eigenvalue weighted by Crippen LogP contribution is -2.42. The van der Waals surface area contributed by atoms with Crippen molar-refractivity contribution in [2.45, 2.75) is 6.04 Å². The van der Waals surface area contributed by atoms with E-state index in [0.717, 1.165) is 31.5 Å². The number of hydrogen-bond donors (Lipinski definition) is 2. The number of aldehydes is 1. The molecule has 1 atom stereocenters. The number of carbonyl (C=O) groups excluding carboxylic acids is 1. The number of nitrogens with one attached hydrogen (secondary N) is 2. The van der Waals surface area contributed by atoms with E-state index < -0.39 is 0 Å². The van der Waals surface area contributed by atoms with Gasteiger partial charge in [0, 0.05) is 31.9 Å². The number of nitrogens with zero attached hydrogens (tertiary/aromatic N) is 1. The Morgan fingerprint density at radius 2 is 2.36 bits per heavy atom. The molecule has 1 aliphatic rings. The lowest BCUT2D eigenvalue weighted by atomic mass is 10.1. The highest BCUT2D eigenvalue weighted by molar-refractivity contribution is 5.71. The molecule has 1 aromatic rings. The summed E-state index contributed by atoms with van der Waals surface area (Å²) in [6, 6.07) is 4.01. The SMILES string of the molecule is O=Cc1ccc(C2CNCCN2)cn1. The molecule has 4 heteroatoms. The first-order valence-electron chi connectivity index (χ1n) is 4.75. The Morgan fingerprint density at radius 3 is 2.93 bits per heavy atom. The summed E-state index contributed by atoms with van der Waals surface area (Å²) in [5.74, 6) is 0. The Labute approximate surface area is 82.7 Å². The van der Waals surface area contributed by atoms with E-state index in [4.69, 9.17) is 0 Å². The molecule has 2 rings (SSSR count). The summed E-state index contributed by atoms with van der Waals surface area (Å²) in [7, 11) is 0. The average molecular weight is 191 g/mol. The molecule has 0 bridgehead atoms. The smallest absolute Gasteiger partial charge is 0.168 e. The summed E-state index contributed by atoms with van der Waals surface area (Å²) in [4.78, 5) is 14.4. The first kappa shape index (κ1) is 9.30. The van der Waals surface area contributed by atoms with Gasteiger partial charge in [-0.25, -0.2) is 0 Å². The van der Waals surface area contributed by atoms with Crippen LogP contribution in [0.5, 0.6) is 0 Å². The molecule has 0 radical (unpaired) electrons. The van der Waals surface area contributed by atoms with Gasteiger partial charge in [0.15, 0.2) is 6.29 Å². The second-order valence-corrected chi connectivity index (χ2v) is 3.35. The fourth-order valence-electron chi connectivity index (χ4n) is 1.58. The molecule has 1 saturated heterocycles. The van der Waals surface area contributed by atoms with Crippen molar-refractivity contribution in [2.24, 2.45) is 0 Å². The predicted octanol–water partition coefficient (Wildman–Crippen LogP) is 0.128. The average Bonchev–Trinajstić information content (AvgIpc) is 2.30. The van der Waals surface area contributed by atoms with E-state index in [1.165, 1.54) is 0 Å². The highest BCUT2D eigenvalue weighted by Gasteiger charge is 2.13. The largest absolute Gasteiger partial charge is 0.314 e. The van der Waals surface area contributed by atoms with Crippen molar-refractivity contribution in [1.29, 1.82) is 0 Å². The molecule has 2 N–H and O–H groups in total. The Hall–Kier alpha value is -1.26. The van der Waals surface area contributed by atoms with Crippen molar-refractivity contribution < 1.29 is 4.79 Å². The molecule has 74 valence electrons. The molecule has 14 heavy (non-hydrogen) atoms. The molecular weight excluding hydrogens is 178 g/mol. The van der Waals surface area contributed by atoms with Crippen LogP contribution in [0.25, 0.3) is 0 Å². The molecule has 0 saturated carbocycles. The van der Waals surface area contributed by atoms with Crippen LogP contribution in [-0.4, -0.2) is 30.9 Å². The van der Waals surface area contributed by atoms with Crippen molar-refractivity contribution in [1.82, 2.24) is 15.6 Å². The Kier molecular flexibility index (Phi) is 2.86. The maximum atomic E-state index is 10.4. The van der Waals surface area contributed by atoms with Crippen LogP contribution in [0.15, 0.2) is 18.3 Å². The Balaban J connectivity index is 2.11. The maximum Gasteiger partial charge on any atom is 0.168 e. The van der Waals surface area contributed by atoms with Gasteiger partial charge in [-0.3, -0.25) is 9.78 Å². The van der Waals surface area contributed by atoms with E-state index >= 15 is 0 Å². The summed E-state index contributed by atoms with van der Waals surface area (Å²) >= 11 is 0. The number of hydrogen-bond acceptors (Lipinski definition) is 4. The molecule has 4 nitrogen and oxygen atoms in total. The van der Waals surface area contributed by atoms with Gasteiger partial charge >= 0.3 is 0 Å². The molecule has 2 heterocycles. The van der Waals surface area contributed by atoms with Crippen molar-refractivity contribution in [3.63, 3.8) is 0 Å². The van der Waals surface area contributed by atoms with Gasteiger partial charge in [0.1, 0.15) is 5.69 Å². The minimum absolute atomic E-state index is 0.317. The van der Waals surface area contributed by atoms with Gasteiger partial charge in [-0.05, 0) is 11.6 Å². The maximum absolute atomic E-state index is 10.4. The van der Waals surface area contributed by atoms with Crippen LogP contribution in [0, 0.1) is 0 Å². The summed E-state index contributed by atoms with van der Waals surface area (Å²) in [6.07, 6.45) is 2.52. The molecule has 0 spiro atoms. The van der Waals surface area contributed by atoms with Crippen molar-refractivity contribution in [3.05, 3.63) is 29.6 Å². The van der Waals surface area contributed by atoms with Gasteiger partial charge in [-0.2, -0.15) is 0 Å². The zero-order chi connectivity index (χ0) is 9.80. The summed E-state index contributed by atoms with van der Waals surface area (Å²) < 4.78 is 0. The Morgan fingerprint density at radius 1 is 1.43 bits per heavy atom. The standard InChI is InChI=1S/C10H13N3O/c14-7-9-2-1-8(5-13-9)10-6-11-3-4-12-10/h1-2,5,7,10-12H,3-4,6H2. The van der Waals surface area contributed by atoms with Gasteiger partial charge in [0.25, 0.3) is 0 Å². The molecule has 0 aliphatic carbocycles. The van der Waals surface area contributed by atoms with E-state index in [2.05, 4.69) is 15.6 Å². The predicted molar refractivity (Wildman–Crippen MR) is 53.2 cm³/mol. The minimum Gasteiger partial charge on any atom is -0.314 e. The molecule has 0 aromatic carbocycles. The van der Waals surface area contributed by atoms with Crippen LogP contribution in [0.4, 0.5) is 0 Å².